The van der Waals surface area contributed by atoms with Crippen LogP contribution in [0.5, 0.6) is 0 Å². The number of nitrogens with one attached hydrogen (secondary N) is 1. The van der Waals surface area contributed by atoms with Gasteiger partial charge in [0, 0.05) is 6.04 Å². The molecule has 2 heterocycles. The number of thiazole rings is 1. The lowest BCUT2D eigenvalue weighted by Gasteiger charge is -2.05. The van der Waals surface area contributed by atoms with Gasteiger partial charge in [-0.05, 0) is 38.1 Å². The van der Waals surface area contributed by atoms with Crippen molar-refractivity contribution in [1.82, 2.24) is 10.3 Å². The number of fused-ring (bicyclic) bond motifs is 1. The van der Waals surface area contributed by atoms with E-state index in [4.69, 9.17) is 0 Å². The topological polar surface area (TPSA) is 42.0 Å². The van der Waals surface area contributed by atoms with Crippen LogP contribution in [0.25, 0.3) is 20.1 Å². The summed E-state index contributed by atoms with van der Waals surface area (Å²) in [6.45, 7) is 3.92. The number of aromatic nitrogens is 1. The number of para-hydroxylation sites is 1. The molecule has 102 valence electrons. The van der Waals surface area contributed by atoms with Crippen molar-refractivity contribution in [3.63, 3.8) is 0 Å². The van der Waals surface area contributed by atoms with Crippen LogP contribution in [-0.2, 0) is 0 Å². The van der Waals surface area contributed by atoms with E-state index < -0.39 is 0 Å². The molecule has 0 bridgehead atoms. The zero-order chi connectivity index (χ0) is 14.1. The molecule has 0 aliphatic carbocycles. The first kappa shape index (κ1) is 13.3. The molecule has 0 saturated carbocycles. The number of carbonyl (C=O) groups excluding carboxylic acids is 1. The van der Waals surface area contributed by atoms with Crippen molar-refractivity contribution >= 4 is 38.8 Å². The Labute approximate surface area is 125 Å². The number of hydrogen-bond acceptors (Lipinski definition) is 4. The van der Waals surface area contributed by atoms with E-state index in [1.165, 1.54) is 16.0 Å². The third-order valence-electron chi connectivity index (χ3n) is 2.75. The maximum Gasteiger partial charge on any atom is 0.261 e. The lowest BCUT2D eigenvalue weighted by atomic mass is 10.3. The Morgan fingerprint density at radius 2 is 1.95 bits per heavy atom. The first-order valence-corrected chi connectivity index (χ1v) is 8.03. The maximum atomic E-state index is 12.0. The van der Waals surface area contributed by atoms with Gasteiger partial charge in [0.05, 0.1) is 20.0 Å². The molecule has 1 N–H and O–H groups in total. The highest BCUT2D eigenvalue weighted by atomic mass is 32.1. The normalized spacial score (nSPS) is 11.2. The van der Waals surface area contributed by atoms with Crippen molar-refractivity contribution in [2.45, 2.75) is 19.9 Å². The van der Waals surface area contributed by atoms with Crippen molar-refractivity contribution in [2.75, 3.05) is 0 Å². The number of hydrogen-bond donors (Lipinski definition) is 1. The van der Waals surface area contributed by atoms with E-state index in [1.807, 2.05) is 44.2 Å². The largest absolute Gasteiger partial charge is 0.349 e. The van der Waals surface area contributed by atoms with Crippen LogP contribution in [0.1, 0.15) is 23.5 Å². The number of amides is 1. The Morgan fingerprint density at radius 3 is 2.70 bits per heavy atom. The Morgan fingerprint density at radius 1 is 1.15 bits per heavy atom. The Balaban J connectivity index is 1.91. The lowest BCUT2D eigenvalue weighted by molar-refractivity contribution is 0.0947. The summed E-state index contributed by atoms with van der Waals surface area (Å²) in [5, 5.41) is 3.88. The molecule has 0 aliphatic rings. The minimum Gasteiger partial charge on any atom is -0.349 e. The Bertz CT molecular complexity index is 725. The van der Waals surface area contributed by atoms with Crippen molar-refractivity contribution < 1.29 is 4.79 Å². The average molecular weight is 302 g/mol. The molecule has 0 atom stereocenters. The Hall–Kier alpha value is -1.72. The molecular formula is C15H14N2OS2. The molecule has 0 spiro atoms. The molecule has 2 aromatic heterocycles. The van der Waals surface area contributed by atoms with E-state index in [-0.39, 0.29) is 11.9 Å². The third-order valence-corrected chi connectivity index (χ3v) is 5.04. The van der Waals surface area contributed by atoms with Gasteiger partial charge < -0.3 is 5.32 Å². The molecule has 20 heavy (non-hydrogen) atoms. The van der Waals surface area contributed by atoms with Crippen molar-refractivity contribution in [1.29, 1.82) is 0 Å². The van der Waals surface area contributed by atoms with Crippen LogP contribution < -0.4 is 5.32 Å². The highest BCUT2D eigenvalue weighted by Crippen LogP contribution is 2.34. The molecule has 3 aromatic rings. The summed E-state index contributed by atoms with van der Waals surface area (Å²) in [7, 11) is 0. The van der Waals surface area contributed by atoms with Gasteiger partial charge in [0.2, 0.25) is 0 Å². The smallest absolute Gasteiger partial charge is 0.261 e. The van der Waals surface area contributed by atoms with Gasteiger partial charge in [0.25, 0.3) is 5.91 Å². The van der Waals surface area contributed by atoms with Crippen LogP contribution in [0.15, 0.2) is 36.4 Å². The molecule has 3 rings (SSSR count). The van der Waals surface area contributed by atoms with E-state index >= 15 is 0 Å². The third kappa shape index (κ3) is 2.59. The molecule has 5 heteroatoms. The second-order valence-electron chi connectivity index (χ2n) is 4.78. The van der Waals surface area contributed by atoms with Gasteiger partial charge in [-0.15, -0.1) is 22.7 Å². The summed E-state index contributed by atoms with van der Waals surface area (Å²) in [4.78, 5) is 18.3. The number of benzene rings is 1. The van der Waals surface area contributed by atoms with E-state index in [2.05, 4.69) is 16.4 Å². The second kappa shape index (κ2) is 5.34. The van der Waals surface area contributed by atoms with Crippen LogP contribution >= 0.6 is 22.7 Å². The highest BCUT2D eigenvalue weighted by Gasteiger charge is 2.13. The molecular weight excluding hydrogens is 288 g/mol. The molecule has 1 aromatic carbocycles. The first-order chi connectivity index (χ1) is 9.63. The predicted molar refractivity (Wildman–Crippen MR) is 85.5 cm³/mol. The van der Waals surface area contributed by atoms with E-state index in [9.17, 15) is 4.79 Å². The van der Waals surface area contributed by atoms with Crippen LogP contribution in [0.4, 0.5) is 0 Å². The molecule has 1 amide bonds. The van der Waals surface area contributed by atoms with Gasteiger partial charge in [0.15, 0.2) is 0 Å². The monoisotopic (exact) mass is 302 g/mol. The van der Waals surface area contributed by atoms with Gasteiger partial charge in [-0.1, -0.05) is 12.1 Å². The van der Waals surface area contributed by atoms with Crippen LogP contribution in [-0.4, -0.2) is 16.9 Å². The minimum absolute atomic E-state index is 0.0163. The fourth-order valence-electron chi connectivity index (χ4n) is 1.89. The summed E-state index contributed by atoms with van der Waals surface area (Å²) in [6.07, 6.45) is 0. The van der Waals surface area contributed by atoms with Gasteiger partial charge in [0.1, 0.15) is 5.01 Å². The summed E-state index contributed by atoms with van der Waals surface area (Å²) < 4.78 is 1.17. The average Bonchev–Trinajstić information content (AvgIpc) is 3.04. The number of carbonyl (C=O) groups is 1. The van der Waals surface area contributed by atoms with Gasteiger partial charge in [-0.2, -0.15) is 0 Å². The van der Waals surface area contributed by atoms with Crippen LogP contribution in [0.2, 0.25) is 0 Å². The standard InChI is InChI=1S/C15H14N2OS2/c1-9(2)16-14(18)12-7-8-13(19-12)15-17-10-5-3-4-6-11(10)20-15/h3-9H,1-2H3,(H,16,18). The maximum absolute atomic E-state index is 12.0. The van der Waals surface area contributed by atoms with Crippen molar-refractivity contribution in [3.8, 4) is 9.88 Å². The quantitative estimate of drug-likeness (QED) is 0.789. The molecule has 3 nitrogen and oxygen atoms in total. The lowest BCUT2D eigenvalue weighted by Crippen LogP contribution is -2.29. The van der Waals surface area contributed by atoms with Gasteiger partial charge in [-0.3, -0.25) is 4.79 Å². The molecule has 0 fully saturated rings. The van der Waals surface area contributed by atoms with Crippen LogP contribution in [0, 0.1) is 0 Å². The van der Waals surface area contributed by atoms with Crippen LogP contribution in [0.3, 0.4) is 0 Å². The van der Waals surface area contributed by atoms with E-state index in [1.54, 1.807) is 11.3 Å². The predicted octanol–water partition coefficient (Wildman–Crippen LogP) is 4.16. The SMILES string of the molecule is CC(C)NC(=O)c1ccc(-c2nc3ccccc3s2)s1. The summed E-state index contributed by atoms with van der Waals surface area (Å²) in [6, 6.07) is 12.1. The van der Waals surface area contributed by atoms with E-state index in [0.29, 0.717) is 0 Å². The van der Waals surface area contributed by atoms with Crippen molar-refractivity contribution in [3.05, 3.63) is 41.3 Å². The minimum atomic E-state index is -0.0163. The summed E-state index contributed by atoms with van der Waals surface area (Å²) in [5.41, 5.74) is 1.01. The zero-order valence-corrected chi connectivity index (χ0v) is 12.8. The zero-order valence-electron chi connectivity index (χ0n) is 11.2. The number of rotatable bonds is 3. The molecule has 0 radical (unpaired) electrons. The fourth-order valence-corrected chi connectivity index (χ4v) is 3.82. The number of thiophene rings is 1. The molecule has 0 saturated heterocycles. The second-order valence-corrected chi connectivity index (χ2v) is 6.89. The first-order valence-electron chi connectivity index (χ1n) is 6.40. The summed E-state index contributed by atoms with van der Waals surface area (Å²) in [5.74, 6) is -0.0163. The number of nitrogens with zero attached hydrogens (tertiary/aromatic N) is 1. The van der Waals surface area contributed by atoms with E-state index in [0.717, 1.165) is 20.3 Å². The van der Waals surface area contributed by atoms with Gasteiger partial charge in [-0.25, -0.2) is 4.98 Å². The summed E-state index contributed by atoms with van der Waals surface area (Å²) >= 11 is 3.14. The molecule has 0 unspecified atom stereocenters. The highest BCUT2D eigenvalue weighted by molar-refractivity contribution is 7.26. The Kier molecular flexibility index (Phi) is 3.54. The molecule has 0 aliphatic heterocycles. The van der Waals surface area contributed by atoms with Crippen molar-refractivity contribution in [2.24, 2.45) is 0 Å². The van der Waals surface area contributed by atoms with Gasteiger partial charge >= 0.3 is 0 Å². The fraction of sp³-hybridized carbons (Fsp3) is 0.200.